The van der Waals surface area contributed by atoms with Gasteiger partial charge < -0.3 is 14.6 Å². The first-order chi connectivity index (χ1) is 22.6. The van der Waals surface area contributed by atoms with Gasteiger partial charge in [0, 0.05) is 66.0 Å². The molecule has 2 heterocycles. The number of hydrogen-bond donors (Lipinski definition) is 1. The maximum Gasteiger partial charge on any atom is 0.303 e. The summed E-state index contributed by atoms with van der Waals surface area (Å²) in [6, 6.07) is 9.58. The molecule has 48 heavy (non-hydrogen) atoms. The van der Waals surface area contributed by atoms with Crippen LogP contribution in [0.25, 0.3) is 0 Å². The minimum absolute atomic E-state index is 0.0859. The van der Waals surface area contributed by atoms with E-state index in [2.05, 4.69) is 36.3 Å². The van der Waals surface area contributed by atoms with E-state index >= 15 is 0 Å². The van der Waals surface area contributed by atoms with Crippen molar-refractivity contribution in [1.29, 1.82) is 0 Å². The third kappa shape index (κ3) is 7.85. The Labute approximate surface area is 283 Å². The lowest BCUT2D eigenvalue weighted by Gasteiger charge is -2.26. The van der Waals surface area contributed by atoms with E-state index in [1.165, 1.54) is 12.1 Å². The lowest BCUT2D eigenvalue weighted by atomic mass is 9.81. The maximum atomic E-state index is 11.8. The van der Waals surface area contributed by atoms with E-state index < -0.39 is 26.9 Å². The van der Waals surface area contributed by atoms with Crippen LogP contribution in [0.15, 0.2) is 89.5 Å². The summed E-state index contributed by atoms with van der Waals surface area (Å²) in [6.07, 6.45) is 17.9. The number of anilines is 1. The zero-order chi connectivity index (χ0) is 35.3. The molecule has 2 aromatic carbocycles. The zero-order valence-corrected chi connectivity index (χ0v) is 29.1. The van der Waals surface area contributed by atoms with Crippen LogP contribution in [-0.2, 0) is 25.7 Å². The molecule has 0 unspecified atom stereocenters. The largest absolute Gasteiger partial charge is 0.744 e. The SMILES string of the molecule is CCCCN1\C(=C/C=C/C=C/C=C/C2=[N+](CCCCCC(=O)O)c3ccc(S(=O)(=O)[O-])cc3C2(C)C)C(C)(C)c2cc([N+](=O)[O-])ccc21. The zero-order valence-electron chi connectivity index (χ0n) is 28.3. The molecule has 0 saturated heterocycles. The highest BCUT2D eigenvalue weighted by Gasteiger charge is 2.44. The first-order valence-electron chi connectivity index (χ1n) is 16.4. The average molecular weight is 676 g/mol. The van der Waals surface area contributed by atoms with Crippen molar-refractivity contribution in [1.82, 2.24) is 0 Å². The van der Waals surface area contributed by atoms with Crippen molar-refractivity contribution in [3.8, 4) is 0 Å². The second kappa shape index (κ2) is 14.8. The van der Waals surface area contributed by atoms with Gasteiger partial charge >= 0.3 is 5.97 Å². The van der Waals surface area contributed by atoms with Gasteiger partial charge in [0.05, 0.1) is 15.2 Å². The fraction of sp³-hybridized carbons (Fsp3) is 0.405. The minimum Gasteiger partial charge on any atom is -0.744 e. The fourth-order valence-corrected chi connectivity index (χ4v) is 7.09. The number of rotatable bonds is 15. The van der Waals surface area contributed by atoms with Gasteiger partial charge in [0.15, 0.2) is 5.71 Å². The monoisotopic (exact) mass is 675 g/mol. The van der Waals surface area contributed by atoms with Gasteiger partial charge in [-0.3, -0.25) is 14.9 Å². The molecule has 0 radical (unpaired) electrons. The van der Waals surface area contributed by atoms with Crippen LogP contribution in [0.2, 0.25) is 0 Å². The molecule has 4 rings (SSSR count). The second-order valence-corrected chi connectivity index (χ2v) is 14.6. The van der Waals surface area contributed by atoms with Crippen LogP contribution in [0.5, 0.6) is 0 Å². The molecule has 10 nitrogen and oxygen atoms in total. The van der Waals surface area contributed by atoms with E-state index in [9.17, 15) is 27.9 Å². The summed E-state index contributed by atoms with van der Waals surface area (Å²) in [4.78, 5) is 24.1. The van der Waals surface area contributed by atoms with Gasteiger partial charge in [-0.05, 0) is 62.9 Å². The van der Waals surface area contributed by atoms with Crippen LogP contribution in [-0.4, -0.2) is 52.3 Å². The summed E-state index contributed by atoms with van der Waals surface area (Å²) in [5.41, 5.74) is 4.63. The molecule has 0 aromatic heterocycles. The Hall–Kier alpha value is -4.35. The second-order valence-electron chi connectivity index (χ2n) is 13.3. The van der Waals surface area contributed by atoms with E-state index in [1.54, 1.807) is 18.2 Å². The number of carboxylic acid groups (broad SMARTS) is 1. The predicted octanol–water partition coefficient (Wildman–Crippen LogP) is 7.67. The van der Waals surface area contributed by atoms with E-state index in [-0.39, 0.29) is 21.9 Å². The van der Waals surface area contributed by atoms with Crippen molar-refractivity contribution < 1.29 is 32.4 Å². The summed E-state index contributed by atoms with van der Waals surface area (Å²) >= 11 is 0. The molecule has 256 valence electrons. The Balaban J connectivity index is 1.57. The molecule has 2 aromatic rings. The summed E-state index contributed by atoms with van der Waals surface area (Å²) in [7, 11) is -4.62. The van der Waals surface area contributed by atoms with Gasteiger partial charge in [-0.15, -0.1) is 0 Å². The Morgan fingerprint density at radius 3 is 2.31 bits per heavy atom. The molecule has 0 atom stereocenters. The molecular weight excluding hydrogens is 630 g/mol. The van der Waals surface area contributed by atoms with Gasteiger partial charge in [-0.2, -0.15) is 4.58 Å². The van der Waals surface area contributed by atoms with Crippen molar-refractivity contribution in [2.45, 2.75) is 88.9 Å². The predicted molar refractivity (Wildman–Crippen MR) is 187 cm³/mol. The number of non-ortho nitro benzene ring substituents is 1. The maximum absolute atomic E-state index is 11.8. The molecule has 0 saturated carbocycles. The van der Waals surface area contributed by atoms with Crippen molar-refractivity contribution in [3.63, 3.8) is 0 Å². The smallest absolute Gasteiger partial charge is 0.303 e. The number of nitro groups is 1. The highest BCUT2D eigenvalue weighted by atomic mass is 32.2. The minimum atomic E-state index is -4.62. The summed E-state index contributed by atoms with van der Waals surface area (Å²) in [5.74, 6) is -0.821. The third-order valence-electron chi connectivity index (χ3n) is 9.20. The molecule has 1 N–H and O–H groups in total. The van der Waals surface area contributed by atoms with E-state index in [0.29, 0.717) is 13.0 Å². The summed E-state index contributed by atoms with van der Waals surface area (Å²) < 4.78 is 37.5. The van der Waals surface area contributed by atoms with Crippen molar-refractivity contribution in [3.05, 3.63) is 106 Å². The average Bonchev–Trinajstić information content (AvgIpc) is 3.36. The van der Waals surface area contributed by atoms with Crippen molar-refractivity contribution >= 4 is 38.9 Å². The Morgan fingerprint density at radius 2 is 1.65 bits per heavy atom. The van der Waals surface area contributed by atoms with Gasteiger partial charge in [-0.25, -0.2) is 8.42 Å². The first-order valence-corrected chi connectivity index (χ1v) is 17.8. The Kier molecular flexibility index (Phi) is 11.3. The number of hydrogen-bond acceptors (Lipinski definition) is 7. The molecule has 0 amide bonds. The highest BCUT2D eigenvalue weighted by molar-refractivity contribution is 7.85. The number of fused-ring (bicyclic) bond motifs is 2. The number of aliphatic carboxylic acids is 1. The van der Waals surface area contributed by atoms with E-state index in [1.807, 2.05) is 56.4 Å². The molecule has 0 aliphatic carbocycles. The molecule has 0 fully saturated rings. The molecule has 0 bridgehead atoms. The van der Waals surface area contributed by atoms with Gasteiger partial charge in [-0.1, -0.05) is 57.6 Å². The lowest BCUT2D eigenvalue weighted by Crippen LogP contribution is -2.28. The third-order valence-corrected chi connectivity index (χ3v) is 10.0. The van der Waals surface area contributed by atoms with Crippen molar-refractivity contribution in [2.24, 2.45) is 0 Å². The molecular formula is C37H45N3O7S. The topological polar surface area (TPSA) is 144 Å². The van der Waals surface area contributed by atoms with Crippen LogP contribution < -0.4 is 4.90 Å². The van der Waals surface area contributed by atoms with E-state index in [4.69, 9.17) is 5.11 Å². The normalized spacial score (nSPS) is 17.7. The standard InChI is InChI=1S/C37H45N3O7S/c1-6-7-23-38-31-21-19-27(40(43)44)25-29(31)36(2,3)33(38)16-12-9-8-10-13-17-34-37(4,5)30-26-28(48(45,46)47)20-22-32(30)39(34)24-15-11-14-18-35(41)42/h8-10,12-13,16-17,19-22,25-26H,6-7,11,14-15,18,23-24H2,1-5H3,(H-,41,42,45,46,47). The summed E-state index contributed by atoms with van der Waals surface area (Å²) in [5, 5.41) is 20.5. The van der Waals surface area contributed by atoms with Crippen molar-refractivity contribution in [2.75, 3.05) is 18.0 Å². The Morgan fingerprint density at radius 1 is 0.938 bits per heavy atom. The van der Waals surface area contributed by atoms with Crippen LogP contribution in [0.4, 0.5) is 17.1 Å². The number of unbranched alkanes of at least 4 members (excludes halogenated alkanes) is 3. The molecule has 11 heteroatoms. The number of carbonyl (C=O) groups is 1. The van der Waals surface area contributed by atoms with Crippen LogP contribution in [0.3, 0.4) is 0 Å². The molecule has 0 spiro atoms. The fourth-order valence-electron chi connectivity index (χ4n) is 6.59. The van der Waals surface area contributed by atoms with Crippen LogP contribution >= 0.6 is 0 Å². The highest BCUT2D eigenvalue weighted by Crippen LogP contribution is 2.49. The lowest BCUT2D eigenvalue weighted by molar-refractivity contribution is -0.438. The molecule has 2 aliphatic rings. The van der Waals surface area contributed by atoms with E-state index in [0.717, 1.165) is 66.1 Å². The first kappa shape index (κ1) is 36.5. The summed E-state index contributed by atoms with van der Waals surface area (Å²) in [6.45, 7) is 11.7. The van der Waals surface area contributed by atoms with Gasteiger partial charge in [0.1, 0.15) is 16.7 Å². The Bertz CT molecular complexity index is 1830. The number of allylic oxidation sites excluding steroid dienone is 8. The van der Waals surface area contributed by atoms with Gasteiger partial charge in [0.2, 0.25) is 5.69 Å². The molecule has 2 aliphatic heterocycles. The van der Waals surface area contributed by atoms with Crippen LogP contribution in [0.1, 0.15) is 84.3 Å². The quantitative estimate of drug-likeness (QED) is 0.0506. The number of carboxylic acids is 1. The van der Waals surface area contributed by atoms with Gasteiger partial charge in [0.25, 0.3) is 5.69 Å². The number of nitro benzene ring substituents is 1. The van der Waals surface area contributed by atoms with Crippen LogP contribution in [0, 0.1) is 10.1 Å². The number of nitrogens with zero attached hydrogens (tertiary/aromatic N) is 3. The number of benzene rings is 2.